The van der Waals surface area contributed by atoms with Crippen molar-refractivity contribution in [2.75, 3.05) is 6.54 Å². The molecule has 0 radical (unpaired) electrons. The Morgan fingerprint density at radius 1 is 1.20 bits per heavy atom. The molecule has 1 atom stereocenters. The van der Waals surface area contributed by atoms with Crippen LogP contribution >= 0.6 is 0 Å². The van der Waals surface area contributed by atoms with E-state index in [1.54, 1.807) is 6.20 Å². The van der Waals surface area contributed by atoms with E-state index in [2.05, 4.69) is 22.0 Å². The third-order valence-electron chi connectivity index (χ3n) is 5.08. The topological polar surface area (TPSA) is 63.9 Å². The first-order valence-corrected chi connectivity index (χ1v) is 8.59. The van der Waals surface area contributed by atoms with Gasteiger partial charge in [0.1, 0.15) is 5.69 Å². The Labute approximate surface area is 146 Å². The number of likely N-dealkylation sites (tertiary alicyclic amines) is 1. The van der Waals surface area contributed by atoms with E-state index >= 15 is 0 Å². The zero-order chi connectivity index (χ0) is 17.6. The Kier molecular flexibility index (Phi) is 3.75. The van der Waals surface area contributed by atoms with Crippen molar-refractivity contribution >= 4 is 16.9 Å². The summed E-state index contributed by atoms with van der Waals surface area (Å²) in [6, 6.07) is 7.68. The second kappa shape index (κ2) is 5.95. The largest absolute Gasteiger partial charge is 0.330 e. The molecule has 6 heteroatoms. The number of rotatable bonds is 2. The Morgan fingerprint density at radius 3 is 2.68 bits per heavy atom. The molecule has 2 aromatic heterocycles. The molecule has 0 unspecified atom stereocenters. The lowest BCUT2D eigenvalue weighted by atomic mass is 10.0. The van der Waals surface area contributed by atoms with Crippen molar-refractivity contribution in [1.82, 2.24) is 24.6 Å². The van der Waals surface area contributed by atoms with Gasteiger partial charge in [0.05, 0.1) is 29.0 Å². The number of aromatic nitrogens is 4. The van der Waals surface area contributed by atoms with Crippen LogP contribution < -0.4 is 0 Å². The molecule has 1 amide bonds. The first-order chi connectivity index (χ1) is 12.1. The lowest BCUT2D eigenvalue weighted by Gasteiger charge is -2.25. The number of fused-ring (bicyclic) bond motifs is 1. The molecule has 3 heterocycles. The van der Waals surface area contributed by atoms with E-state index in [1.165, 1.54) is 5.56 Å². The first kappa shape index (κ1) is 15.7. The van der Waals surface area contributed by atoms with Crippen LogP contribution in [0.2, 0.25) is 0 Å². The van der Waals surface area contributed by atoms with Crippen LogP contribution in [0.25, 0.3) is 11.0 Å². The quantitative estimate of drug-likeness (QED) is 0.722. The van der Waals surface area contributed by atoms with Gasteiger partial charge in [-0.05, 0) is 38.8 Å². The highest BCUT2D eigenvalue weighted by atomic mass is 16.2. The van der Waals surface area contributed by atoms with Gasteiger partial charge in [-0.25, -0.2) is 4.98 Å². The van der Waals surface area contributed by atoms with Gasteiger partial charge in [0.2, 0.25) is 0 Å². The predicted octanol–water partition coefficient (Wildman–Crippen LogP) is 2.96. The molecule has 1 aliphatic heterocycles. The number of aryl methyl sites for hydroxylation is 2. The highest BCUT2D eigenvalue weighted by Gasteiger charge is 2.34. The number of hydrogen-bond donors (Lipinski definition) is 0. The van der Waals surface area contributed by atoms with E-state index in [0.29, 0.717) is 5.69 Å². The SMILES string of the molecule is Cc1nn(C)c(C)c1[C@H]1CCCN1C(=O)c1cnc2ccccc2n1. The van der Waals surface area contributed by atoms with Gasteiger partial charge in [-0.15, -0.1) is 0 Å². The molecule has 1 aliphatic rings. The maximum Gasteiger partial charge on any atom is 0.274 e. The van der Waals surface area contributed by atoms with E-state index in [0.717, 1.165) is 41.8 Å². The fourth-order valence-electron chi connectivity index (χ4n) is 3.79. The van der Waals surface area contributed by atoms with Gasteiger partial charge in [-0.3, -0.25) is 14.5 Å². The highest BCUT2D eigenvalue weighted by Crippen LogP contribution is 2.36. The summed E-state index contributed by atoms with van der Waals surface area (Å²) in [7, 11) is 1.95. The van der Waals surface area contributed by atoms with Crippen LogP contribution in [0.4, 0.5) is 0 Å². The Hall–Kier alpha value is -2.76. The summed E-state index contributed by atoms with van der Waals surface area (Å²) >= 11 is 0. The van der Waals surface area contributed by atoms with Gasteiger partial charge in [0, 0.05) is 24.8 Å². The average molecular weight is 335 g/mol. The molecule has 0 saturated carbocycles. The van der Waals surface area contributed by atoms with E-state index < -0.39 is 0 Å². The third kappa shape index (κ3) is 2.58. The summed E-state index contributed by atoms with van der Waals surface area (Å²) in [6.45, 7) is 4.82. The number of benzene rings is 1. The van der Waals surface area contributed by atoms with Crippen LogP contribution in [-0.2, 0) is 7.05 Å². The zero-order valence-corrected chi connectivity index (χ0v) is 14.7. The molecule has 25 heavy (non-hydrogen) atoms. The zero-order valence-electron chi connectivity index (χ0n) is 14.7. The summed E-state index contributed by atoms with van der Waals surface area (Å²) < 4.78 is 1.89. The monoisotopic (exact) mass is 335 g/mol. The second-order valence-electron chi connectivity index (χ2n) is 6.61. The number of nitrogens with zero attached hydrogens (tertiary/aromatic N) is 5. The number of carbonyl (C=O) groups excluding carboxylic acids is 1. The van der Waals surface area contributed by atoms with Crippen LogP contribution in [0, 0.1) is 13.8 Å². The minimum absolute atomic E-state index is 0.0524. The maximum absolute atomic E-state index is 13.1. The molecule has 128 valence electrons. The normalized spacial score (nSPS) is 17.4. The molecule has 3 aromatic rings. The molecule has 0 N–H and O–H groups in total. The smallest absolute Gasteiger partial charge is 0.274 e. The molecule has 1 fully saturated rings. The predicted molar refractivity (Wildman–Crippen MR) is 95.2 cm³/mol. The summed E-state index contributed by atoms with van der Waals surface area (Å²) in [5, 5.41) is 4.51. The van der Waals surface area contributed by atoms with Crippen molar-refractivity contribution in [1.29, 1.82) is 0 Å². The Morgan fingerprint density at radius 2 is 1.96 bits per heavy atom. The number of para-hydroxylation sites is 2. The van der Waals surface area contributed by atoms with E-state index in [9.17, 15) is 4.79 Å². The van der Waals surface area contributed by atoms with Crippen molar-refractivity contribution in [3.8, 4) is 0 Å². The lowest BCUT2D eigenvalue weighted by molar-refractivity contribution is 0.0729. The minimum atomic E-state index is -0.0524. The van der Waals surface area contributed by atoms with Gasteiger partial charge in [-0.1, -0.05) is 12.1 Å². The first-order valence-electron chi connectivity index (χ1n) is 8.59. The van der Waals surface area contributed by atoms with Crippen LogP contribution in [0.15, 0.2) is 30.5 Å². The summed E-state index contributed by atoms with van der Waals surface area (Å²) in [5.74, 6) is -0.0524. The Balaban J connectivity index is 1.70. The molecule has 0 bridgehead atoms. The van der Waals surface area contributed by atoms with Crippen LogP contribution in [-0.4, -0.2) is 37.1 Å². The van der Waals surface area contributed by atoms with Crippen molar-refractivity contribution < 1.29 is 4.79 Å². The number of amides is 1. The average Bonchev–Trinajstić information content (AvgIpc) is 3.18. The van der Waals surface area contributed by atoms with Crippen LogP contribution in [0.3, 0.4) is 0 Å². The third-order valence-corrected chi connectivity index (χ3v) is 5.08. The fourth-order valence-corrected chi connectivity index (χ4v) is 3.79. The summed E-state index contributed by atoms with van der Waals surface area (Å²) in [4.78, 5) is 23.9. The van der Waals surface area contributed by atoms with Crippen LogP contribution in [0.1, 0.15) is 46.3 Å². The second-order valence-corrected chi connectivity index (χ2v) is 6.61. The molecule has 6 nitrogen and oxygen atoms in total. The van der Waals surface area contributed by atoms with Crippen molar-refractivity contribution in [2.24, 2.45) is 7.05 Å². The van der Waals surface area contributed by atoms with E-state index in [1.807, 2.05) is 47.8 Å². The summed E-state index contributed by atoms with van der Waals surface area (Å²) in [6.07, 6.45) is 3.54. The van der Waals surface area contributed by atoms with Crippen molar-refractivity contribution in [2.45, 2.75) is 32.7 Å². The van der Waals surface area contributed by atoms with Gasteiger partial charge in [0.25, 0.3) is 5.91 Å². The minimum Gasteiger partial charge on any atom is -0.330 e. The van der Waals surface area contributed by atoms with Crippen LogP contribution in [0.5, 0.6) is 0 Å². The Bertz CT molecular complexity index is 962. The molecule has 4 rings (SSSR count). The molecule has 1 saturated heterocycles. The number of carbonyl (C=O) groups is 1. The van der Waals surface area contributed by atoms with E-state index in [4.69, 9.17) is 0 Å². The van der Waals surface area contributed by atoms with Gasteiger partial charge in [-0.2, -0.15) is 5.10 Å². The molecular formula is C19H21N5O. The van der Waals surface area contributed by atoms with Gasteiger partial charge < -0.3 is 4.90 Å². The summed E-state index contributed by atoms with van der Waals surface area (Å²) in [5.41, 5.74) is 5.24. The van der Waals surface area contributed by atoms with Crippen molar-refractivity contribution in [3.63, 3.8) is 0 Å². The fraction of sp³-hybridized carbons (Fsp3) is 0.368. The standard InChI is InChI=1S/C19H21N5O/c1-12-18(13(2)23(3)22-12)17-9-6-10-24(17)19(25)16-11-20-14-7-4-5-8-15(14)21-16/h4-5,7-8,11,17H,6,9-10H2,1-3H3/t17-/m1/s1. The van der Waals surface area contributed by atoms with Crippen molar-refractivity contribution in [3.05, 3.63) is 53.1 Å². The lowest BCUT2D eigenvalue weighted by Crippen LogP contribution is -2.31. The number of hydrogen-bond acceptors (Lipinski definition) is 4. The molecule has 0 spiro atoms. The molecule has 0 aliphatic carbocycles. The molecule has 1 aromatic carbocycles. The highest BCUT2D eigenvalue weighted by molar-refractivity contribution is 5.94. The van der Waals surface area contributed by atoms with Gasteiger partial charge >= 0.3 is 0 Å². The van der Waals surface area contributed by atoms with Gasteiger partial charge in [0.15, 0.2) is 0 Å². The van der Waals surface area contributed by atoms with E-state index in [-0.39, 0.29) is 11.9 Å². The maximum atomic E-state index is 13.1. The molecular weight excluding hydrogens is 314 g/mol.